The van der Waals surface area contributed by atoms with E-state index in [9.17, 15) is 4.79 Å². The smallest absolute Gasteiger partial charge is 0.220 e. The molecule has 5 heteroatoms. The topological polar surface area (TPSA) is 64.4 Å². The third-order valence-electron chi connectivity index (χ3n) is 4.27. The number of benzene rings is 1. The number of oxazole rings is 1. The first kappa shape index (κ1) is 21.0. The first-order chi connectivity index (χ1) is 12.8. The van der Waals surface area contributed by atoms with E-state index in [1.165, 1.54) is 5.56 Å². The molecule has 0 spiro atoms. The number of nitrogens with one attached hydrogen (secondary N) is 1. The van der Waals surface area contributed by atoms with Crippen molar-refractivity contribution in [3.8, 4) is 5.75 Å². The molecule has 0 saturated heterocycles. The Bertz CT molecular complexity index is 727. The monoisotopic (exact) mass is 372 g/mol. The van der Waals surface area contributed by atoms with Gasteiger partial charge in [0, 0.05) is 24.8 Å². The van der Waals surface area contributed by atoms with Crippen molar-refractivity contribution in [2.75, 3.05) is 13.2 Å². The molecular weight excluding hydrogens is 340 g/mol. The van der Waals surface area contributed by atoms with E-state index >= 15 is 0 Å². The number of carbonyl (C=O) groups excluding carboxylic acids is 1. The Balaban J connectivity index is 1.59. The van der Waals surface area contributed by atoms with E-state index in [1.54, 1.807) is 0 Å². The number of hydrogen-bond acceptors (Lipinski definition) is 4. The average Bonchev–Trinajstić information content (AvgIpc) is 2.98. The Morgan fingerprint density at radius 3 is 2.48 bits per heavy atom. The summed E-state index contributed by atoms with van der Waals surface area (Å²) in [6, 6.07) is 7.93. The second kappa shape index (κ2) is 9.58. The van der Waals surface area contributed by atoms with Gasteiger partial charge in [-0.1, -0.05) is 38.5 Å². The van der Waals surface area contributed by atoms with Crippen LogP contribution in [0.3, 0.4) is 0 Å². The highest BCUT2D eigenvalue weighted by Crippen LogP contribution is 2.24. The second-order valence-corrected chi connectivity index (χ2v) is 8.00. The van der Waals surface area contributed by atoms with Gasteiger partial charge in [0.05, 0.1) is 12.3 Å². The predicted molar refractivity (Wildman–Crippen MR) is 107 cm³/mol. The zero-order valence-corrected chi connectivity index (χ0v) is 17.2. The number of carbonyl (C=O) groups is 1. The lowest BCUT2D eigenvalue weighted by molar-refractivity contribution is -0.121. The Kier molecular flexibility index (Phi) is 7.45. The van der Waals surface area contributed by atoms with Gasteiger partial charge in [0.2, 0.25) is 5.91 Å². The summed E-state index contributed by atoms with van der Waals surface area (Å²) >= 11 is 0. The van der Waals surface area contributed by atoms with Crippen LogP contribution in [0.1, 0.15) is 62.9 Å². The quantitative estimate of drug-likeness (QED) is 0.658. The summed E-state index contributed by atoms with van der Waals surface area (Å²) in [6.07, 6.45) is 2.80. The Hall–Kier alpha value is -2.30. The van der Waals surface area contributed by atoms with Crippen LogP contribution in [0.4, 0.5) is 0 Å². The Labute approximate surface area is 162 Å². The highest BCUT2D eigenvalue weighted by atomic mass is 16.5. The van der Waals surface area contributed by atoms with Crippen molar-refractivity contribution in [2.45, 2.75) is 65.7 Å². The zero-order chi connectivity index (χ0) is 19.9. The van der Waals surface area contributed by atoms with Crippen molar-refractivity contribution >= 4 is 5.91 Å². The molecule has 2 aromatic rings. The summed E-state index contributed by atoms with van der Waals surface area (Å²) in [5.74, 6) is 2.60. The lowest BCUT2D eigenvalue weighted by Gasteiger charge is -2.12. The van der Waals surface area contributed by atoms with Crippen LogP contribution in [-0.2, 0) is 16.6 Å². The van der Waals surface area contributed by atoms with Crippen molar-refractivity contribution in [1.82, 2.24) is 10.3 Å². The van der Waals surface area contributed by atoms with Crippen molar-refractivity contribution < 1.29 is 13.9 Å². The first-order valence-electron chi connectivity index (χ1n) is 9.68. The lowest BCUT2D eigenvalue weighted by Crippen LogP contribution is -2.24. The van der Waals surface area contributed by atoms with Crippen LogP contribution in [0.5, 0.6) is 5.75 Å². The largest absolute Gasteiger partial charge is 0.494 e. The standard InChI is InChI=1S/C22H32N2O3/c1-16-10-12-18(13-11-16)26-15-7-9-20(25)23-14-6-8-19-17(2)24-21(27-19)22(3,4)5/h10-13H,6-9,14-15H2,1-5H3,(H,23,25). The van der Waals surface area contributed by atoms with Gasteiger partial charge in [-0.3, -0.25) is 4.79 Å². The number of amides is 1. The fourth-order valence-corrected chi connectivity index (χ4v) is 2.60. The molecule has 0 radical (unpaired) electrons. The molecule has 0 saturated carbocycles. The molecule has 2 rings (SSSR count). The number of ether oxygens (including phenoxy) is 1. The fourth-order valence-electron chi connectivity index (χ4n) is 2.60. The maximum absolute atomic E-state index is 11.9. The molecule has 0 unspecified atom stereocenters. The summed E-state index contributed by atoms with van der Waals surface area (Å²) in [7, 11) is 0. The van der Waals surface area contributed by atoms with Gasteiger partial charge in [0.15, 0.2) is 5.89 Å². The third-order valence-corrected chi connectivity index (χ3v) is 4.27. The molecule has 0 fully saturated rings. The van der Waals surface area contributed by atoms with Crippen LogP contribution in [-0.4, -0.2) is 24.0 Å². The van der Waals surface area contributed by atoms with Gasteiger partial charge in [-0.2, -0.15) is 0 Å². The van der Waals surface area contributed by atoms with Gasteiger partial charge in [0.1, 0.15) is 11.5 Å². The Morgan fingerprint density at radius 2 is 1.85 bits per heavy atom. The summed E-state index contributed by atoms with van der Waals surface area (Å²) in [6.45, 7) is 11.5. The number of aromatic nitrogens is 1. The van der Waals surface area contributed by atoms with Crippen molar-refractivity contribution in [3.05, 3.63) is 47.2 Å². The minimum absolute atomic E-state index is 0.0622. The predicted octanol–water partition coefficient (Wildman–Crippen LogP) is 4.50. The van der Waals surface area contributed by atoms with E-state index in [4.69, 9.17) is 9.15 Å². The highest BCUT2D eigenvalue weighted by molar-refractivity contribution is 5.75. The second-order valence-electron chi connectivity index (χ2n) is 8.00. The van der Waals surface area contributed by atoms with Crippen LogP contribution in [0, 0.1) is 13.8 Å². The minimum Gasteiger partial charge on any atom is -0.494 e. The molecule has 27 heavy (non-hydrogen) atoms. The van der Waals surface area contributed by atoms with Crippen LogP contribution in [0.15, 0.2) is 28.7 Å². The highest BCUT2D eigenvalue weighted by Gasteiger charge is 2.21. The normalized spacial score (nSPS) is 11.4. The molecule has 0 atom stereocenters. The zero-order valence-electron chi connectivity index (χ0n) is 17.2. The lowest BCUT2D eigenvalue weighted by atomic mass is 9.97. The molecule has 148 valence electrons. The molecule has 0 aliphatic rings. The molecule has 5 nitrogen and oxygen atoms in total. The molecule has 1 aromatic carbocycles. The third kappa shape index (κ3) is 7.08. The molecule has 1 amide bonds. The van der Waals surface area contributed by atoms with Gasteiger partial charge in [-0.15, -0.1) is 0 Å². The van der Waals surface area contributed by atoms with Crippen molar-refractivity contribution in [3.63, 3.8) is 0 Å². The fraction of sp³-hybridized carbons (Fsp3) is 0.545. The number of hydrogen-bond donors (Lipinski definition) is 1. The van der Waals surface area contributed by atoms with Gasteiger partial charge in [-0.25, -0.2) is 4.98 Å². The maximum atomic E-state index is 11.9. The van der Waals surface area contributed by atoms with Crippen LogP contribution < -0.4 is 10.1 Å². The van der Waals surface area contributed by atoms with Crippen LogP contribution in [0.2, 0.25) is 0 Å². The molecule has 1 heterocycles. The van der Waals surface area contributed by atoms with Gasteiger partial charge < -0.3 is 14.5 Å². The number of nitrogens with zero attached hydrogens (tertiary/aromatic N) is 1. The van der Waals surface area contributed by atoms with E-state index < -0.39 is 0 Å². The summed E-state index contributed by atoms with van der Waals surface area (Å²) < 4.78 is 11.5. The van der Waals surface area contributed by atoms with Crippen molar-refractivity contribution in [1.29, 1.82) is 0 Å². The summed E-state index contributed by atoms with van der Waals surface area (Å²) in [4.78, 5) is 16.4. The van der Waals surface area contributed by atoms with Gasteiger partial charge >= 0.3 is 0 Å². The average molecular weight is 373 g/mol. The first-order valence-corrected chi connectivity index (χ1v) is 9.68. The van der Waals surface area contributed by atoms with Gasteiger partial charge in [0.25, 0.3) is 0 Å². The summed E-state index contributed by atoms with van der Waals surface area (Å²) in [5.41, 5.74) is 2.06. The van der Waals surface area contributed by atoms with E-state index in [0.29, 0.717) is 26.0 Å². The molecule has 0 aliphatic carbocycles. The van der Waals surface area contributed by atoms with Crippen molar-refractivity contribution in [2.24, 2.45) is 0 Å². The van der Waals surface area contributed by atoms with E-state index in [0.717, 1.165) is 35.9 Å². The molecule has 1 aromatic heterocycles. The van der Waals surface area contributed by atoms with E-state index in [2.05, 4.69) is 31.1 Å². The van der Waals surface area contributed by atoms with Crippen LogP contribution in [0.25, 0.3) is 0 Å². The van der Waals surface area contributed by atoms with E-state index in [1.807, 2.05) is 38.1 Å². The number of aryl methyl sites for hydroxylation is 3. The molecular formula is C22H32N2O3. The van der Waals surface area contributed by atoms with Crippen LogP contribution >= 0.6 is 0 Å². The number of rotatable bonds is 9. The maximum Gasteiger partial charge on any atom is 0.220 e. The van der Waals surface area contributed by atoms with Gasteiger partial charge in [-0.05, 0) is 38.8 Å². The molecule has 0 bridgehead atoms. The Morgan fingerprint density at radius 1 is 1.15 bits per heavy atom. The SMILES string of the molecule is Cc1ccc(OCCCC(=O)NCCCc2oc(C(C)(C)C)nc2C)cc1. The molecule has 1 N–H and O–H groups in total. The molecule has 0 aliphatic heterocycles. The minimum atomic E-state index is -0.0854. The van der Waals surface area contributed by atoms with E-state index in [-0.39, 0.29) is 11.3 Å². The summed E-state index contributed by atoms with van der Waals surface area (Å²) in [5, 5.41) is 2.96.